The summed E-state index contributed by atoms with van der Waals surface area (Å²) in [5.74, 6) is 0. The van der Waals surface area contributed by atoms with Gasteiger partial charge in [0.1, 0.15) is 5.69 Å². The van der Waals surface area contributed by atoms with Crippen LogP contribution in [0, 0.1) is 17.0 Å². The van der Waals surface area contributed by atoms with E-state index in [0.717, 1.165) is 19.6 Å². The highest BCUT2D eigenvalue weighted by molar-refractivity contribution is 5.64. The first-order valence-electron chi connectivity index (χ1n) is 7.88. The van der Waals surface area contributed by atoms with Crippen molar-refractivity contribution < 1.29 is 4.92 Å². The summed E-state index contributed by atoms with van der Waals surface area (Å²) in [6.45, 7) is 6.68. The van der Waals surface area contributed by atoms with E-state index in [4.69, 9.17) is 0 Å². The minimum atomic E-state index is -0.299. The Morgan fingerprint density at radius 3 is 2.61 bits per heavy atom. The number of benzene rings is 2. The highest BCUT2D eigenvalue weighted by Crippen LogP contribution is 2.30. The Balaban J connectivity index is 1.80. The molecule has 5 nitrogen and oxygen atoms in total. The second-order valence-electron chi connectivity index (χ2n) is 6.07. The average Bonchev–Trinajstić information content (AvgIpc) is 2.54. The van der Waals surface area contributed by atoms with Gasteiger partial charge in [-0.05, 0) is 37.6 Å². The van der Waals surface area contributed by atoms with Crippen LogP contribution in [0.1, 0.15) is 12.5 Å². The lowest BCUT2D eigenvalue weighted by molar-refractivity contribution is -0.384. The molecule has 0 bridgehead atoms. The van der Waals surface area contributed by atoms with Crippen LogP contribution in [0.15, 0.2) is 48.5 Å². The molecule has 1 atom stereocenters. The molecule has 0 saturated carbocycles. The number of nitrogens with zero attached hydrogens (tertiary/aromatic N) is 3. The van der Waals surface area contributed by atoms with Crippen molar-refractivity contribution in [2.75, 3.05) is 29.4 Å². The average molecular weight is 311 g/mol. The molecule has 0 radical (unpaired) electrons. The maximum absolute atomic E-state index is 11.2. The standard InChI is InChI=1S/C18H21N3O2/c1-14-6-5-7-16(12-14)20-11-10-19(13-15(20)2)17-8-3-4-9-18(17)21(22)23/h3-9,12,15H,10-11,13H2,1-2H3. The lowest BCUT2D eigenvalue weighted by Crippen LogP contribution is -2.52. The first kappa shape index (κ1) is 15.3. The summed E-state index contributed by atoms with van der Waals surface area (Å²) in [7, 11) is 0. The molecule has 2 aromatic rings. The maximum Gasteiger partial charge on any atom is 0.292 e. The number of anilines is 2. The van der Waals surface area contributed by atoms with E-state index in [0.29, 0.717) is 11.7 Å². The molecule has 1 unspecified atom stereocenters. The number of aryl methyl sites for hydroxylation is 1. The highest BCUT2D eigenvalue weighted by atomic mass is 16.6. The van der Waals surface area contributed by atoms with Crippen LogP contribution in [0.2, 0.25) is 0 Å². The van der Waals surface area contributed by atoms with Crippen molar-refractivity contribution in [2.24, 2.45) is 0 Å². The molecular formula is C18H21N3O2. The van der Waals surface area contributed by atoms with Crippen molar-refractivity contribution in [1.82, 2.24) is 0 Å². The summed E-state index contributed by atoms with van der Waals surface area (Å²) in [5.41, 5.74) is 3.37. The monoisotopic (exact) mass is 311 g/mol. The predicted octanol–water partition coefficient (Wildman–Crippen LogP) is 3.62. The molecule has 2 aromatic carbocycles. The number of rotatable bonds is 3. The fraction of sp³-hybridized carbons (Fsp3) is 0.333. The first-order chi connectivity index (χ1) is 11.1. The lowest BCUT2D eigenvalue weighted by Gasteiger charge is -2.42. The quantitative estimate of drug-likeness (QED) is 0.642. The van der Waals surface area contributed by atoms with Crippen LogP contribution < -0.4 is 9.80 Å². The van der Waals surface area contributed by atoms with E-state index < -0.39 is 0 Å². The number of hydrogen-bond donors (Lipinski definition) is 0. The molecule has 0 amide bonds. The van der Waals surface area contributed by atoms with Crippen LogP contribution in [0.3, 0.4) is 0 Å². The van der Waals surface area contributed by atoms with Gasteiger partial charge in [0.25, 0.3) is 5.69 Å². The number of nitro groups is 1. The summed E-state index contributed by atoms with van der Waals surface area (Å²) in [6.07, 6.45) is 0. The van der Waals surface area contributed by atoms with Gasteiger partial charge in [-0.1, -0.05) is 24.3 Å². The van der Waals surface area contributed by atoms with Crippen LogP contribution in [-0.2, 0) is 0 Å². The zero-order valence-corrected chi connectivity index (χ0v) is 13.5. The van der Waals surface area contributed by atoms with Gasteiger partial charge in [0.2, 0.25) is 0 Å². The van der Waals surface area contributed by atoms with Gasteiger partial charge in [-0.2, -0.15) is 0 Å². The largest absolute Gasteiger partial charge is 0.365 e. The molecule has 1 saturated heterocycles. The van der Waals surface area contributed by atoms with Gasteiger partial charge in [0, 0.05) is 37.4 Å². The van der Waals surface area contributed by atoms with Crippen molar-refractivity contribution in [3.8, 4) is 0 Å². The summed E-state index contributed by atoms with van der Waals surface area (Å²) in [6, 6.07) is 15.8. The minimum Gasteiger partial charge on any atom is -0.365 e. The molecule has 1 heterocycles. The van der Waals surface area contributed by atoms with E-state index in [1.54, 1.807) is 12.1 Å². The van der Waals surface area contributed by atoms with E-state index in [1.165, 1.54) is 11.3 Å². The third-order valence-electron chi connectivity index (χ3n) is 4.38. The Bertz CT molecular complexity index is 717. The van der Waals surface area contributed by atoms with Gasteiger partial charge in [0.05, 0.1) is 4.92 Å². The number of hydrogen-bond acceptors (Lipinski definition) is 4. The van der Waals surface area contributed by atoms with Gasteiger partial charge < -0.3 is 9.80 Å². The van der Waals surface area contributed by atoms with Gasteiger partial charge in [-0.3, -0.25) is 10.1 Å². The molecule has 0 aromatic heterocycles. The molecule has 0 N–H and O–H groups in total. The second kappa shape index (κ2) is 6.28. The summed E-state index contributed by atoms with van der Waals surface area (Å²) < 4.78 is 0. The number of para-hydroxylation sites is 2. The number of nitro benzene ring substituents is 1. The normalized spacial score (nSPS) is 18.1. The van der Waals surface area contributed by atoms with E-state index in [-0.39, 0.29) is 10.6 Å². The zero-order valence-electron chi connectivity index (χ0n) is 13.5. The zero-order chi connectivity index (χ0) is 16.4. The second-order valence-corrected chi connectivity index (χ2v) is 6.07. The fourth-order valence-corrected chi connectivity index (χ4v) is 3.25. The molecule has 1 fully saturated rings. The lowest BCUT2D eigenvalue weighted by atomic mass is 10.1. The molecule has 0 aliphatic carbocycles. The van der Waals surface area contributed by atoms with Crippen molar-refractivity contribution in [3.05, 3.63) is 64.2 Å². The van der Waals surface area contributed by atoms with Crippen molar-refractivity contribution in [3.63, 3.8) is 0 Å². The Labute approximate surface area is 136 Å². The van der Waals surface area contributed by atoms with Crippen molar-refractivity contribution >= 4 is 17.1 Å². The molecule has 3 rings (SSSR count). The van der Waals surface area contributed by atoms with Crippen LogP contribution >= 0.6 is 0 Å². The Morgan fingerprint density at radius 1 is 1.13 bits per heavy atom. The van der Waals surface area contributed by atoms with Gasteiger partial charge in [-0.25, -0.2) is 0 Å². The summed E-state index contributed by atoms with van der Waals surface area (Å²) in [4.78, 5) is 15.4. The molecule has 120 valence electrons. The molecule has 0 spiro atoms. The van der Waals surface area contributed by atoms with E-state index in [2.05, 4.69) is 47.9 Å². The number of piperazine rings is 1. The van der Waals surface area contributed by atoms with Crippen LogP contribution in [-0.4, -0.2) is 30.6 Å². The fourth-order valence-electron chi connectivity index (χ4n) is 3.25. The Kier molecular flexibility index (Phi) is 4.19. The van der Waals surface area contributed by atoms with Crippen molar-refractivity contribution in [1.29, 1.82) is 0 Å². The van der Waals surface area contributed by atoms with Crippen LogP contribution in [0.5, 0.6) is 0 Å². The molecule has 1 aliphatic rings. The van der Waals surface area contributed by atoms with Gasteiger partial charge in [0.15, 0.2) is 0 Å². The maximum atomic E-state index is 11.2. The van der Waals surface area contributed by atoms with E-state index in [9.17, 15) is 10.1 Å². The molecular weight excluding hydrogens is 290 g/mol. The van der Waals surface area contributed by atoms with E-state index >= 15 is 0 Å². The third kappa shape index (κ3) is 3.13. The Morgan fingerprint density at radius 2 is 1.91 bits per heavy atom. The summed E-state index contributed by atoms with van der Waals surface area (Å²) >= 11 is 0. The topological polar surface area (TPSA) is 49.6 Å². The smallest absolute Gasteiger partial charge is 0.292 e. The van der Waals surface area contributed by atoms with Gasteiger partial charge in [-0.15, -0.1) is 0 Å². The SMILES string of the molecule is Cc1cccc(N2CCN(c3ccccc3[N+](=O)[O-])CC2C)c1. The summed E-state index contributed by atoms with van der Waals surface area (Å²) in [5, 5.41) is 11.2. The molecule has 5 heteroatoms. The Hall–Kier alpha value is -2.56. The third-order valence-corrected chi connectivity index (χ3v) is 4.38. The predicted molar refractivity (Wildman–Crippen MR) is 93.3 cm³/mol. The van der Waals surface area contributed by atoms with Crippen molar-refractivity contribution in [2.45, 2.75) is 19.9 Å². The van der Waals surface area contributed by atoms with Crippen LogP contribution in [0.25, 0.3) is 0 Å². The van der Waals surface area contributed by atoms with Crippen LogP contribution in [0.4, 0.5) is 17.1 Å². The first-order valence-corrected chi connectivity index (χ1v) is 7.88. The van der Waals surface area contributed by atoms with E-state index in [1.807, 2.05) is 12.1 Å². The highest BCUT2D eigenvalue weighted by Gasteiger charge is 2.27. The van der Waals surface area contributed by atoms with Gasteiger partial charge >= 0.3 is 0 Å². The minimum absolute atomic E-state index is 0.184. The molecule has 23 heavy (non-hydrogen) atoms. The molecule has 1 aliphatic heterocycles.